The van der Waals surface area contributed by atoms with Crippen LogP contribution >= 0.6 is 11.3 Å². The third-order valence-corrected chi connectivity index (χ3v) is 4.83. The molecule has 0 unspecified atom stereocenters. The number of hydrogen-bond acceptors (Lipinski definition) is 5. The number of aromatic nitrogens is 1. The lowest BCUT2D eigenvalue weighted by Crippen LogP contribution is -2.60. The van der Waals surface area contributed by atoms with Gasteiger partial charge in [0.15, 0.2) is 5.01 Å². The Labute approximate surface area is 110 Å². The number of piperidine rings is 1. The number of carbonyl (C=O) groups is 1. The highest BCUT2D eigenvalue weighted by molar-refractivity contribution is 7.11. The molecule has 0 atom stereocenters. The first-order chi connectivity index (χ1) is 8.69. The zero-order valence-electron chi connectivity index (χ0n) is 10.1. The van der Waals surface area contributed by atoms with Gasteiger partial charge in [-0.1, -0.05) is 0 Å². The quantitative estimate of drug-likeness (QED) is 0.810. The van der Waals surface area contributed by atoms with E-state index < -0.39 is 5.60 Å². The summed E-state index contributed by atoms with van der Waals surface area (Å²) in [7, 11) is 0. The Morgan fingerprint density at radius 1 is 1.50 bits per heavy atom. The highest BCUT2D eigenvalue weighted by Gasteiger charge is 2.43. The number of carbonyl (C=O) groups excluding carboxylic acids is 1. The van der Waals surface area contributed by atoms with E-state index in [1.807, 2.05) is 5.38 Å². The van der Waals surface area contributed by atoms with Crippen LogP contribution in [-0.4, -0.2) is 52.7 Å². The third kappa shape index (κ3) is 2.04. The minimum Gasteiger partial charge on any atom is -0.389 e. The number of thiazole rings is 1. The first kappa shape index (κ1) is 12.1. The van der Waals surface area contributed by atoms with Crippen molar-refractivity contribution in [1.82, 2.24) is 15.2 Å². The lowest BCUT2D eigenvalue weighted by atomic mass is 9.76. The Kier molecular flexibility index (Phi) is 3.09. The Morgan fingerprint density at radius 2 is 2.22 bits per heavy atom. The second-order valence-corrected chi connectivity index (χ2v) is 5.98. The van der Waals surface area contributed by atoms with Gasteiger partial charge in [-0.15, -0.1) is 11.3 Å². The van der Waals surface area contributed by atoms with Gasteiger partial charge >= 0.3 is 0 Å². The minimum absolute atomic E-state index is 0.00113. The van der Waals surface area contributed by atoms with Gasteiger partial charge in [-0.2, -0.15) is 0 Å². The fraction of sp³-hybridized carbons (Fsp3) is 0.667. The van der Waals surface area contributed by atoms with E-state index in [0.29, 0.717) is 36.9 Å². The molecule has 2 saturated heterocycles. The SMILES string of the molecule is O=C(c1nccs1)N1CCC(O)(C2CNC2)CC1. The molecule has 0 aliphatic carbocycles. The van der Waals surface area contributed by atoms with Crippen LogP contribution in [0, 0.1) is 5.92 Å². The first-order valence-corrected chi connectivity index (χ1v) is 7.19. The van der Waals surface area contributed by atoms with Crippen LogP contribution in [0.2, 0.25) is 0 Å². The largest absolute Gasteiger partial charge is 0.389 e. The van der Waals surface area contributed by atoms with Crippen LogP contribution in [0.25, 0.3) is 0 Å². The van der Waals surface area contributed by atoms with Gasteiger partial charge < -0.3 is 15.3 Å². The Balaban J connectivity index is 1.61. The summed E-state index contributed by atoms with van der Waals surface area (Å²) in [5.74, 6) is 0.355. The normalized spacial score (nSPS) is 23.7. The Hall–Kier alpha value is -0.980. The lowest BCUT2D eigenvalue weighted by Gasteiger charge is -2.46. The minimum atomic E-state index is -0.578. The molecule has 5 nitrogen and oxygen atoms in total. The van der Waals surface area contributed by atoms with E-state index in [0.717, 1.165) is 13.1 Å². The molecular formula is C12H17N3O2S. The van der Waals surface area contributed by atoms with E-state index in [2.05, 4.69) is 10.3 Å². The van der Waals surface area contributed by atoms with E-state index in [4.69, 9.17) is 0 Å². The van der Waals surface area contributed by atoms with Crippen LogP contribution in [-0.2, 0) is 0 Å². The molecule has 0 spiro atoms. The number of rotatable bonds is 2. The molecule has 98 valence electrons. The summed E-state index contributed by atoms with van der Waals surface area (Å²) in [4.78, 5) is 18.0. The predicted molar refractivity (Wildman–Crippen MR) is 68.6 cm³/mol. The zero-order valence-corrected chi connectivity index (χ0v) is 10.9. The van der Waals surface area contributed by atoms with Crippen molar-refractivity contribution >= 4 is 17.2 Å². The molecule has 1 aromatic rings. The van der Waals surface area contributed by atoms with Crippen LogP contribution in [0.1, 0.15) is 22.6 Å². The standard InChI is InChI=1S/C12H17N3O2S/c16-11(10-14-3-6-18-10)15-4-1-12(17,2-5-15)9-7-13-8-9/h3,6,9,13,17H,1-2,4-5,7-8H2. The van der Waals surface area contributed by atoms with Crippen molar-refractivity contribution in [2.24, 2.45) is 5.92 Å². The molecule has 2 N–H and O–H groups in total. The number of hydrogen-bond donors (Lipinski definition) is 2. The molecule has 2 aliphatic heterocycles. The van der Waals surface area contributed by atoms with Crippen molar-refractivity contribution in [2.45, 2.75) is 18.4 Å². The molecule has 6 heteroatoms. The molecule has 1 aromatic heterocycles. The highest BCUT2D eigenvalue weighted by Crippen LogP contribution is 2.32. The molecule has 3 heterocycles. The van der Waals surface area contributed by atoms with Crippen molar-refractivity contribution in [3.8, 4) is 0 Å². The predicted octanol–water partition coefficient (Wildman–Crippen LogP) is 0.330. The van der Waals surface area contributed by atoms with Crippen molar-refractivity contribution in [1.29, 1.82) is 0 Å². The summed E-state index contributed by atoms with van der Waals surface area (Å²) in [6.45, 7) is 3.06. The number of nitrogens with zero attached hydrogens (tertiary/aromatic N) is 2. The average Bonchev–Trinajstić information content (AvgIpc) is 2.79. The lowest BCUT2D eigenvalue weighted by molar-refractivity contribution is -0.0770. The molecule has 0 bridgehead atoms. The maximum absolute atomic E-state index is 12.1. The van der Waals surface area contributed by atoms with Crippen molar-refractivity contribution in [2.75, 3.05) is 26.2 Å². The van der Waals surface area contributed by atoms with Gasteiger partial charge in [-0.25, -0.2) is 4.98 Å². The third-order valence-electron chi connectivity index (χ3n) is 4.07. The van der Waals surface area contributed by atoms with Gasteiger partial charge in [-0.3, -0.25) is 4.79 Å². The highest BCUT2D eigenvalue weighted by atomic mass is 32.1. The van der Waals surface area contributed by atoms with Gasteiger partial charge in [0.05, 0.1) is 5.60 Å². The summed E-state index contributed by atoms with van der Waals surface area (Å²) in [6, 6.07) is 0. The monoisotopic (exact) mass is 267 g/mol. The number of aliphatic hydroxyl groups is 1. The summed E-state index contributed by atoms with van der Waals surface area (Å²) < 4.78 is 0. The van der Waals surface area contributed by atoms with Gasteiger partial charge in [0.25, 0.3) is 5.91 Å². The summed E-state index contributed by atoms with van der Waals surface area (Å²) in [6.07, 6.45) is 3.01. The van der Waals surface area contributed by atoms with E-state index >= 15 is 0 Å². The van der Waals surface area contributed by atoms with Gasteiger partial charge in [-0.05, 0) is 12.8 Å². The van der Waals surface area contributed by atoms with Crippen molar-refractivity contribution in [3.63, 3.8) is 0 Å². The zero-order chi connectivity index (χ0) is 12.6. The first-order valence-electron chi connectivity index (χ1n) is 6.31. The molecule has 2 fully saturated rings. The number of nitrogens with one attached hydrogen (secondary N) is 1. The van der Waals surface area contributed by atoms with Crippen molar-refractivity contribution < 1.29 is 9.90 Å². The van der Waals surface area contributed by atoms with E-state index in [-0.39, 0.29) is 5.91 Å². The molecule has 1 amide bonds. The average molecular weight is 267 g/mol. The molecule has 2 aliphatic rings. The summed E-state index contributed by atoms with van der Waals surface area (Å²) in [5.41, 5.74) is -0.578. The number of amides is 1. The molecule has 0 radical (unpaired) electrons. The van der Waals surface area contributed by atoms with Crippen LogP contribution in [0.15, 0.2) is 11.6 Å². The second-order valence-electron chi connectivity index (χ2n) is 5.09. The van der Waals surface area contributed by atoms with E-state index in [1.54, 1.807) is 11.1 Å². The second kappa shape index (κ2) is 4.60. The Morgan fingerprint density at radius 3 is 2.72 bits per heavy atom. The summed E-state index contributed by atoms with van der Waals surface area (Å²) in [5, 5.41) is 16.1. The van der Waals surface area contributed by atoms with Crippen LogP contribution in [0.3, 0.4) is 0 Å². The van der Waals surface area contributed by atoms with E-state index in [1.165, 1.54) is 11.3 Å². The molecular weight excluding hydrogens is 250 g/mol. The van der Waals surface area contributed by atoms with Gasteiger partial charge in [0.1, 0.15) is 0 Å². The van der Waals surface area contributed by atoms with E-state index in [9.17, 15) is 9.90 Å². The molecule has 18 heavy (non-hydrogen) atoms. The van der Waals surface area contributed by atoms with Crippen LogP contribution in [0.5, 0.6) is 0 Å². The van der Waals surface area contributed by atoms with Gasteiger partial charge in [0, 0.05) is 43.7 Å². The van der Waals surface area contributed by atoms with Gasteiger partial charge in [0.2, 0.25) is 0 Å². The fourth-order valence-electron chi connectivity index (χ4n) is 2.64. The smallest absolute Gasteiger partial charge is 0.282 e. The Bertz CT molecular complexity index is 423. The molecule has 0 aromatic carbocycles. The number of likely N-dealkylation sites (tertiary alicyclic amines) is 1. The topological polar surface area (TPSA) is 65.5 Å². The summed E-state index contributed by atoms with van der Waals surface area (Å²) >= 11 is 1.37. The van der Waals surface area contributed by atoms with Crippen LogP contribution in [0.4, 0.5) is 0 Å². The molecule has 0 saturated carbocycles. The van der Waals surface area contributed by atoms with Crippen LogP contribution < -0.4 is 5.32 Å². The van der Waals surface area contributed by atoms with Crippen molar-refractivity contribution in [3.05, 3.63) is 16.6 Å². The maximum atomic E-state index is 12.1. The molecule has 3 rings (SSSR count). The fourth-order valence-corrected chi connectivity index (χ4v) is 3.24. The maximum Gasteiger partial charge on any atom is 0.282 e.